The molecule has 0 N–H and O–H groups in total. The van der Waals surface area contributed by atoms with Crippen molar-refractivity contribution in [3.63, 3.8) is 0 Å². The van der Waals surface area contributed by atoms with E-state index >= 15 is 0 Å². The number of ether oxygens (including phenoxy) is 2. The van der Waals surface area contributed by atoms with Crippen molar-refractivity contribution in [1.29, 1.82) is 0 Å². The summed E-state index contributed by atoms with van der Waals surface area (Å²) in [4.78, 5) is 2.59. The highest BCUT2D eigenvalue weighted by atomic mass is 16.5. The first-order valence-electron chi connectivity index (χ1n) is 6.64. The third kappa shape index (κ3) is 2.41. The average molecular weight is 227 g/mol. The van der Waals surface area contributed by atoms with Gasteiger partial charge in [0.1, 0.15) is 0 Å². The predicted molar refractivity (Wildman–Crippen MR) is 64.7 cm³/mol. The van der Waals surface area contributed by atoms with Crippen molar-refractivity contribution in [1.82, 2.24) is 4.90 Å². The normalized spacial score (nSPS) is 34.9. The summed E-state index contributed by atoms with van der Waals surface area (Å²) < 4.78 is 11.6. The highest BCUT2D eigenvalue weighted by Gasteiger charge is 2.48. The Kier molecular flexibility index (Phi) is 3.88. The molecule has 2 fully saturated rings. The maximum atomic E-state index is 5.86. The second-order valence-corrected chi connectivity index (χ2v) is 5.42. The van der Waals surface area contributed by atoms with E-state index in [0.717, 1.165) is 26.2 Å². The fraction of sp³-hybridized carbons (Fsp3) is 1.00. The van der Waals surface area contributed by atoms with Gasteiger partial charge in [0.15, 0.2) is 0 Å². The Morgan fingerprint density at radius 1 is 1.44 bits per heavy atom. The van der Waals surface area contributed by atoms with Gasteiger partial charge >= 0.3 is 0 Å². The standard InChI is InChI=1S/C13H25NO2/c1-4-15-12-8-13(10-16-11(2)3)6-5-7-14(13)9-12/h11-12H,4-10H2,1-3H3. The molecule has 0 spiro atoms. The molecule has 0 saturated carbocycles. The molecule has 0 aliphatic carbocycles. The summed E-state index contributed by atoms with van der Waals surface area (Å²) >= 11 is 0. The maximum Gasteiger partial charge on any atom is 0.0720 e. The van der Waals surface area contributed by atoms with E-state index in [2.05, 4.69) is 25.7 Å². The van der Waals surface area contributed by atoms with Crippen LogP contribution in [0.2, 0.25) is 0 Å². The Morgan fingerprint density at radius 2 is 2.25 bits per heavy atom. The molecule has 2 unspecified atom stereocenters. The van der Waals surface area contributed by atoms with E-state index in [1.54, 1.807) is 0 Å². The van der Waals surface area contributed by atoms with Crippen molar-refractivity contribution in [3.8, 4) is 0 Å². The summed E-state index contributed by atoms with van der Waals surface area (Å²) in [5, 5.41) is 0. The van der Waals surface area contributed by atoms with Crippen LogP contribution < -0.4 is 0 Å². The second kappa shape index (κ2) is 5.03. The van der Waals surface area contributed by atoms with Gasteiger partial charge in [0, 0.05) is 18.7 Å². The molecule has 2 aliphatic rings. The van der Waals surface area contributed by atoms with Crippen LogP contribution >= 0.6 is 0 Å². The molecule has 2 heterocycles. The van der Waals surface area contributed by atoms with Crippen LogP contribution in [0.5, 0.6) is 0 Å². The van der Waals surface area contributed by atoms with Gasteiger partial charge in [-0.15, -0.1) is 0 Å². The largest absolute Gasteiger partial charge is 0.377 e. The highest BCUT2D eigenvalue weighted by Crippen LogP contribution is 2.40. The summed E-state index contributed by atoms with van der Waals surface area (Å²) in [6.45, 7) is 10.4. The van der Waals surface area contributed by atoms with E-state index in [4.69, 9.17) is 9.47 Å². The van der Waals surface area contributed by atoms with Gasteiger partial charge in [-0.2, -0.15) is 0 Å². The SMILES string of the molecule is CCOC1CN2CCCC2(COC(C)C)C1. The van der Waals surface area contributed by atoms with Crippen LogP contribution in [0, 0.1) is 0 Å². The van der Waals surface area contributed by atoms with Crippen LogP contribution in [-0.2, 0) is 9.47 Å². The topological polar surface area (TPSA) is 21.7 Å². The molecule has 94 valence electrons. The Labute approximate surface area is 99.1 Å². The number of rotatable bonds is 5. The van der Waals surface area contributed by atoms with Crippen molar-refractivity contribution in [2.75, 3.05) is 26.3 Å². The van der Waals surface area contributed by atoms with Crippen molar-refractivity contribution < 1.29 is 9.47 Å². The first-order chi connectivity index (χ1) is 7.66. The van der Waals surface area contributed by atoms with Crippen LogP contribution in [0.25, 0.3) is 0 Å². The van der Waals surface area contributed by atoms with Crippen molar-refractivity contribution in [2.45, 2.75) is 57.8 Å². The zero-order valence-corrected chi connectivity index (χ0v) is 10.9. The number of nitrogens with zero attached hydrogens (tertiary/aromatic N) is 1. The van der Waals surface area contributed by atoms with Crippen molar-refractivity contribution >= 4 is 0 Å². The molecule has 3 heteroatoms. The predicted octanol–water partition coefficient (Wildman–Crippen LogP) is 2.05. The second-order valence-electron chi connectivity index (χ2n) is 5.42. The van der Waals surface area contributed by atoms with Crippen LogP contribution in [0.4, 0.5) is 0 Å². The van der Waals surface area contributed by atoms with Gasteiger partial charge in [0.25, 0.3) is 0 Å². The summed E-state index contributed by atoms with van der Waals surface area (Å²) in [6.07, 6.45) is 4.53. The molecule has 0 radical (unpaired) electrons. The van der Waals surface area contributed by atoms with Crippen LogP contribution in [0.3, 0.4) is 0 Å². The average Bonchev–Trinajstić information content (AvgIpc) is 2.72. The Morgan fingerprint density at radius 3 is 2.94 bits per heavy atom. The highest BCUT2D eigenvalue weighted by molar-refractivity contribution is 5.04. The first-order valence-corrected chi connectivity index (χ1v) is 6.64. The summed E-state index contributed by atoms with van der Waals surface area (Å²) in [5.74, 6) is 0. The van der Waals surface area contributed by atoms with E-state index in [1.165, 1.54) is 19.4 Å². The number of hydrogen-bond donors (Lipinski definition) is 0. The molecule has 2 atom stereocenters. The first kappa shape index (κ1) is 12.3. The molecule has 0 aromatic heterocycles. The fourth-order valence-electron chi connectivity index (χ4n) is 3.14. The third-order valence-corrected chi connectivity index (χ3v) is 3.86. The Balaban J connectivity index is 1.94. The van der Waals surface area contributed by atoms with E-state index in [-0.39, 0.29) is 0 Å². The van der Waals surface area contributed by atoms with E-state index in [1.807, 2.05) is 0 Å². The zero-order chi connectivity index (χ0) is 11.6. The monoisotopic (exact) mass is 227 g/mol. The zero-order valence-electron chi connectivity index (χ0n) is 10.9. The van der Waals surface area contributed by atoms with Gasteiger partial charge in [-0.05, 0) is 46.6 Å². The fourth-order valence-corrected chi connectivity index (χ4v) is 3.14. The van der Waals surface area contributed by atoms with Crippen LogP contribution in [0.1, 0.15) is 40.0 Å². The minimum atomic E-state index is 0.296. The molecule has 3 nitrogen and oxygen atoms in total. The maximum absolute atomic E-state index is 5.86. The van der Waals surface area contributed by atoms with E-state index in [9.17, 15) is 0 Å². The molecule has 2 saturated heterocycles. The lowest BCUT2D eigenvalue weighted by Crippen LogP contribution is -2.43. The van der Waals surface area contributed by atoms with Gasteiger partial charge in [0.2, 0.25) is 0 Å². The summed E-state index contributed by atoms with van der Waals surface area (Å²) in [7, 11) is 0. The lowest BCUT2D eigenvalue weighted by molar-refractivity contribution is 0.00114. The van der Waals surface area contributed by atoms with Gasteiger partial charge < -0.3 is 9.47 Å². The van der Waals surface area contributed by atoms with E-state index in [0.29, 0.717) is 17.7 Å². The van der Waals surface area contributed by atoms with Crippen molar-refractivity contribution in [3.05, 3.63) is 0 Å². The summed E-state index contributed by atoms with van der Waals surface area (Å²) in [5.41, 5.74) is 0.296. The quantitative estimate of drug-likeness (QED) is 0.717. The molecular weight excluding hydrogens is 202 g/mol. The van der Waals surface area contributed by atoms with Crippen molar-refractivity contribution in [2.24, 2.45) is 0 Å². The minimum Gasteiger partial charge on any atom is -0.377 e. The molecule has 0 aromatic carbocycles. The molecule has 0 aromatic rings. The molecule has 0 bridgehead atoms. The van der Waals surface area contributed by atoms with Gasteiger partial charge in [-0.3, -0.25) is 4.90 Å². The number of hydrogen-bond acceptors (Lipinski definition) is 3. The molecular formula is C13H25NO2. The van der Waals surface area contributed by atoms with Gasteiger partial charge in [-0.25, -0.2) is 0 Å². The Bertz CT molecular complexity index is 232. The number of fused-ring (bicyclic) bond motifs is 1. The Hall–Kier alpha value is -0.120. The lowest BCUT2D eigenvalue weighted by atomic mass is 9.94. The lowest BCUT2D eigenvalue weighted by Gasteiger charge is -2.32. The molecule has 2 rings (SSSR count). The molecule has 0 amide bonds. The van der Waals surface area contributed by atoms with E-state index < -0.39 is 0 Å². The van der Waals surface area contributed by atoms with Gasteiger partial charge in [0.05, 0.1) is 18.8 Å². The molecule has 16 heavy (non-hydrogen) atoms. The third-order valence-electron chi connectivity index (χ3n) is 3.86. The van der Waals surface area contributed by atoms with Crippen LogP contribution in [-0.4, -0.2) is 49.0 Å². The minimum absolute atomic E-state index is 0.296. The smallest absolute Gasteiger partial charge is 0.0720 e. The van der Waals surface area contributed by atoms with Gasteiger partial charge in [-0.1, -0.05) is 0 Å². The summed E-state index contributed by atoms with van der Waals surface area (Å²) in [6, 6.07) is 0. The molecule has 2 aliphatic heterocycles. The van der Waals surface area contributed by atoms with Crippen LogP contribution in [0.15, 0.2) is 0 Å².